The van der Waals surface area contributed by atoms with Crippen molar-refractivity contribution in [3.8, 4) is 5.75 Å². The number of hydrogen-bond acceptors (Lipinski definition) is 4. The third-order valence-electron chi connectivity index (χ3n) is 4.02. The number of ether oxygens (including phenoxy) is 2. The lowest BCUT2D eigenvalue weighted by Crippen LogP contribution is -2.19. The smallest absolute Gasteiger partial charge is 0.323 e. The van der Waals surface area contributed by atoms with Gasteiger partial charge in [-0.25, -0.2) is 4.79 Å². The maximum atomic E-state index is 12.1. The number of carbonyl (C=O) groups excluding carboxylic acids is 1. The number of unbranched alkanes of at least 4 members (excludes halogenated alkanes) is 1. The number of rotatable bonds is 7. The van der Waals surface area contributed by atoms with Gasteiger partial charge in [0.15, 0.2) is 0 Å². The van der Waals surface area contributed by atoms with Crippen molar-refractivity contribution < 1.29 is 14.3 Å². The summed E-state index contributed by atoms with van der Waals surface area (Å²) < 4.78 is 12.8. The second-order valence-electron chi connectivity index (χ2n) is 6.03. The van der Waals surface area contributed by atoms with Crippen molar-refractivity contribution in [1.29, 1.82) is 0 Å². The number of urea groups is 1. The molecule has 0 spiro atoms. The zero-order chi connectivity index (χ0) is 17.5. The predicted octanol–water partition coefficient (Wildman–Crippen LogP) is 3.67. The van der Waals surface area contributed by atoms with Crippen LogP contribution in [0.15, 0.2) is 36.7 Å². The van der Waals surface area contributed by atoms with Gasteiger partial charge in [0.05, 0.1) is 31.1 Å². The lowest BCUT2D eigenvalue weighted by molar-refractivity contribution is 0.184. The number of nitrogens with one attached hydrogen (secondary N) is 2. The number of aromatic nitrogens is 2. The largest absolute Gasteiger partial charge is 0.494 e. The van der Waals surface area contributed by atoms with Crippen LogP contribution in [-0.4, -0.2) is 35.6 Å². The highest BCUT2D eigenvalue weighted by Gasteiger charge is 2.18. The van der Waals surface area contributed by atoms with Gasteiger partial charge in [-0.05, 0) is 37.1 Å². The molecule has 7 heteroatoms. The van der Waals surface area contributed by atoms with Gasteiger partial charge in [-0.2, -0.15) is 5.10 Å². The molecule has 1 atom stereocenters. The zero-order valence-corrected chi connectivity index (χ0v) is 14.4. The molecule has 25 heavy (non-hydrogen) atoms. The van der Waals surface area contributed by atoms with E-state index in [1.807, 2.05) is 35.1 Å². The molecule has 2 aromatic rings. The first-order chi connectivity index (χ1) is 12.2. The summed E-state index contributed by atoms with van der Waals surface area (Å²) in [6, 6.07) is 7.29. The first-order valence-electron chi connectivity index (χ1n) is 8.67. The van der Waals surface area contributed by atoms with Gasteiger partial charge in [0.25, 0.3) is 0 Å². The Labute approximate surface area is 147 Å². The minimum atomic E-state index is -0.304. The van der Waals surface area contributed by atoms with Crippen LogP contribution in [0.25, 0.3) is 0 Å². The van der Waals surface area contributed by atoms with Gasteiger partial charge < -0.3 is 20.1 Å². The van der Waals surface area contributed by atoms with E-state index >= 15 is 0 Å². The Morgan fingerprint density at radius 2 is 2.12 bits per heavy atom. The van der Waals surface area contributed by atoms with E-state index in [0.29, 0.717) is 24.6 Å². The van der Waals surface area contributed by atoms with Crippen LogP contribution in [0.1, 0.15) is 32.2 Å². The number of nitrogens with zero attached hydrogens (tertiary/aromatic N) is 2. The predicted molar refractivity (Wildman–Crippen MR) is 96.2 cm³/mol. The SMILES string of the molecule is CCCCOc1ccc(NC(=O)Nc2cnn([C@@H]3CCOC3)c2)cc1. The fourth-order valence-electron chi connectivity index (χ4n) is 2.60. The van der Waals surface area contributed by atoms with E-state index in [4.69, 9.17) is 9.47 Å². The van der Waals surface area contributed by atoms with Crippen LogP contribution in [0.4, 0.5) is 16.2 Å². The van der Waals surface area contributed by atoms with Crippen LogP contribution in [0, 0.1) is 0 Å². The summed E-state index contributed by atoms with van der Waals surface area (Å²) in [6.07, 6.45) is 6.54. The van der Waals surface area contributed by atoms with Gasteiger partial charge in [-0.3, -0.25) is 4.68 Å². The summed E-state index contributed by atoms with van der Waals surface area (Å²) in [5.74, 6) is 0.805. The molecule has 1 aliphatic rings. The number of anilines is 2. The molecule has 1 aromatic heterocycles. The standard InChI is InChI=1S/C18H24N4O3/c1-2-3-9-25-17-6-4-14(5-7-17)20-18(23)21-15-11-19-22(12-15)16-8-10-24-13-16/h4-7,11-12,16H,2-3,8-10,13H2,1H3,(H2,20,21,23)/t16-/m1/s1. The molecule has 0 radical (unpaired) electrons. The molecule has 0 saturated carbocycles. The quantitative estimate of drug-likeness (QED) is 0.751. The molecular formula is C18H24N4O3. The summed E-state index contributed by atoms with van der Waals surface area (Å²) in [4.78, 5) is 12.1. The Bertz CT molecular complexity index is 678. The molecule has 0 aliphatic carbocycles. The van der Waals surface area contributed by atoms with Crippen molar-refractivity contribution in [3.63, 3.8) is 0 Å². The summed E-state index contributed by atoms with van der Waals surface area (Å²) in [5.41, 5.74) is 1.36. The van der Waals surface area contributed by atoms with E-state index < -0.39 is 0 Å². The molecule has 7 nitrogen and oxygen atoms in total. The molecule has 0 unspecified atom stereocenters. The highest BCUT2D eigenvalue weighted by atomic mass is 16.5. The first-order valence-corrected chi connectivity index (χ1v) is 8.67. The van der Waals surface area contributed by atoms with Crippen LogP contribution in [0.2, 0.25) is 0 Å². The Balaban J connectivity index is 1.48. The molecule has 2 heterocycles. The second kappa shape index (κ2) is 8.53. The van der Waals surface area contributed by atoms with Crippen LogP contribution < -0.4 is 15.4 Å². The van der Waals surface area contributed by atoms with Gasteiger partial charge in [0.2, 0.25) is 0 Å². The van der Waals surface area contributed by atoms with Crippen molar-refractivity contribution in [3.05, 3.63) is 36.7 Å². The average molecular weight is 344 g/mol. The molecular weight excluding hydrogens is 320 g/mol. The molecule has 1 saturated heterocycles. The van der Waals surface area contributed by atoms with E-state index in [-0.39, 0.29) is 12.1 Å². The number of hydrogen-bond donors (Lipinski definition) is 2. The van der Waals surface area contributed by atoms with Gasteiger partial charge >= 0.3 is 6.03 Å². The summed E-state index contributed by atoms with van der Waals surface area (Å²) in [5, 5.41) is 9.86. The molecule has 2 amide bonds. The van der Waals surface area contributed by atoms with E-state index in [2.05, 4.69) is 22.7 Å². The molecule has 134 valence electrons. The monoisotopic (exact) mass is 344 g/mol. The Morgan fingerprint density at radius 1 is 1.32 bits per heavy atom. The maximum Gasteiger partial charge on any atom is 0.323 e. The molecule has 0 bridgehead atoms. The summed E-state index contributed by atoms with van der Waals surface area (Å²) >= 11 is 0. The Hall–Kier alpha value is -2.54. The maximum absolute atomic E-state index is 12.1. The molecule has 1 aromatic carbocycles. The minimum Gasteiger partial charge on any atom is -0.494 e. The van der Waals surface area contributed by atoms with E-state index in [1.54, 1.807) is 6.20 Å². The lowest BCUT2D eigenvalue weighted by Gasteiger charge is -2.09. The normalized spacial score (nSPS) is 16.6. The average Bonchev–Trinajstić information content (AvgIpc) is 3.28. The third-order valence-corrected chi connectivity index (χ3v) is 4.02. The highest BCUT2D eigenvalue weighted by molar-refractivity contribution is 5.99. The third kappa shape index (κ3) is 4.96. The first kappa shape index (κ1) is 17.3. The highest BCUT2D eigenvalue weighted by Crippen LogP contribution is 2.20. The summed E-state index contributed by atoms with van der Waals surface area (Å²) in [7, 11) is 0. The van der Waals surface area contributed by atoms with E-state index in [9.17, 15) is 4.79 Å². The number of amides is 2. The van der Waals surface area contributed by atoms with Crippen LogP contribution >= 0.6 is 0 Å². The molecule has 3 rings (SSSR count). The second-order valence-corrected chi connectivity index (χ2v) is 6.03. The van der Waals surface area contributed by atoms with Crippen molar-refractivity contribution in [2.45, 2.75) is 32.2 Å². The summed E-state index contributed by atoms with van der Waals surface area (Å²) in [6.45, 7) is 4.26. The molecule has 1 fully saturated rings. The fourth-order valence-corrected chi connectivity index (χ4v) is 2.60. The molecule has 2 N–H and O–H groups in total. The van der Waals surface area contributed by atoms with Crippen molar-refractivity contribution in [1.82, 2.24) is 9.78 Å². The van der Waals surface area contributed by atoms with Gasteiger partial charge in [0.1, 0.15) is 5.75 Å². The number of benzene rings is 1. The van der Waals surface area contributed by atoms with Crippen molar-refractivity contribution in [2.75, 3.05) is 30.5 Å². The van der Waals surface area contributed by atoms with E-state index in [0.717, 1.165) is 31.6 Å². The Morgan fingerprint density at radius 3 is 2.84 bits per heavy atom. The van der Waals surface area contributed by atoms with Crippen LogP contribution in [0.3, 0.4) is 0 Å². The van der Waals surface area contributed by atoms with Gasteiger partial charge in [-0.15, -0.1) is 0 Å². The van der Waals surface area contributed by atoms with E-state index in [1.165, 1.54) is 0 Å². The zero-order valence-electron chi connectivity index (χ0n) is 14.4. The number of carbonyl (C=O) groups is 1. The molecule has 1 aliphatic heterocycles. The Kier molecular flexibility index (Phi) is 5.90. The van der Waals surface area contributed by atoms with Crippen LogP contribution in [0.5, 0.6) is 5.75 Å². The van der Waals surface area contributed by atoms with Crippen molar-refractivity contribution >= 4 is 17.4 Å². The van der Waals surface area contributed by atoms with Gasteiger partial charge in [0, 0.05) is 18.5 Å². The fraction of sp³-hybridized carbons (Fsp3) is 0.444. The van der Waals surface area contributed by atoms with Crippen molar-refractivity contribution in [2.24, 2.45) is 0 Å². The minimum absolute atomic E-state index is 0.249. The van der Waals surface area contributed by atoms with Crippen LogP contribution in [-0.2, 0) is 4.74 Å². The topological polar surface area (TPSA) is 77.4 Å². The van der Waals surface area contributed by atoms with Gasteiger partial charge in [-0.1, -0.05) is 13.3 Å². The lowest BCUT2D eigenvalue weighted by atomic mass is 10.3.